The first-order chi connectivity index (χ1) is 7.66. The summed E-state index contributed by atoms with van der Waals surface area (Å²) in [7, 11) is 0. The van der Waals surface area contributed by atoms with Gasteiger partial charge in [0.05, 0.1) is 5.92 Å². The standard InChI is InChI=1S/C14H20O2/c1-14(6-2-3-7-14)16-13(15)12-9-10-4-5-11(12)8-10/h4-5,10-12H,2-3,6-9H2,1H3/t10-,11+,12+/m1/s1. The molecule has 0 amide bonds. The lowest BCUT2D eigenvalue weighted by atomic mass is 9.93. The van der Waals surface area contributed by atoms with Gasteiger partial charge in [-0.3, -0.25) is 4.79 Å². The minimum absolute atomic E-state index is 0.0706. The summed E-state index contributed by atoms with van der Waals surface area (Å²) in [6.07, 6.45) is 11.2. The van der Waals surface area contributed by atoms with Crippen LogP contribution in [0, 0.1) is 17.8 Å². The van der Waals surface area contributed by atoms with Gasteiger partial charge in [0.2, 0.25) is 0 Å². The van der Waals surface area contributed by atoms with E-state index in [2.05, 4.69) is 19.1 Å². The second-order valence-electron chi connectivity index (χ2n) is 5.96. The van der Waals surface area contributed by atoms with Crippen molar-refractivity contribution in [2.75, 3.05) is 0 Å². The first-order valence-electron chi connectivity index (χ1n) is 6.57. The van der Waals surface area contributed by atoms with Crippen LogP contribution in [0.4, 0.5) is 0 Å². The molecular weight excluding hydrogens is 200 g/mol. The molecule has 3 atom stereocenters. The zero-order valence-corrected chi connectivity index (χ0v) is 9.95. The lowest BCUT2D eigenvalue weighted by Crippen LogP contribution is -2.33. The summed E-state index contributed by atoms with van der Waals surface area (Å²) in [5.74, 6) is 1.36. The molecule has 2 bridgehead atoms. The van der Waals surface area contributed by atoms with E-state index in [9.17, 15) is 4.79 Å². The molecule has 3 aliphatic rings. The van der Waals surface area contributed by atoms with Gasteiger partial charge in [0.1, 0.15) is 5.60 Å². The molecule has 0 aliphatic heterocycles. The molecule has 0 radical (unpaired) electrons. The van der Waals surface area contributed by atoms with Crippen LogP contribution in [0.5, 0.6) is 0 Å². The van der Waals surface area contributed by atoms with Crippen molar-refractivity contribution in [1.82, 2.24) is 0 Å². The average Bonchev–Trinajstić information content (AvgIpc) is 2.92. The number of hydrogen-bond donors (Lipinski definition) is 0. The molecular formula is C14H20O2. The van der Waals surface area contributed by atoms with E-state index in [1.807, 2.05) is 0 Å². The third kappa shape index (κ3) is 1.68. The molecule has 0 heterocycles. The molecule has 0 saturated heterocycles. The van der Waals surface area contributed by atoms with Gasteiger partial charge in [-0.05, 0) is 57.3 Å². The van der Waals surface area contributed by atoms with E-state index in [0.717, 1.165) is 19.3 Å². The third-order valence-electron chi connectivity index (χ3n) is 4.59. The molecule has 2 heteroatoms. The van der Waals surface area contributed by atoms with Crippen LogP contribution in [0.3, 0.4) is 0 Å². The quantitative estimate of drug-likeness (QED) is 0.528. The molecule has 0 aromatic rings. The minimum Gasteiger partial charge on any atom is -0.459 e. The van der Waals surface area contributed by atoms with Crippen LogP contribution in [0.1, 0.15) is 45.4 Å². The van der Waals surface area contributed by atoms with Crippen LogP contribution in [0.15, 0.2) is 12.2 Å². The predicted molar refractivity (Wildman–Crippen MR) is 61.8 cm³/mol. The molecule has 2 saturated carbocycles. The number of hydrogen-bond acceptors (Lipinski definition) is 2. The molecule has 2 fully saturated rings. The lowest BCUT2D eigenvalue weighted by Gasteiger charge is -2.27. The molecule has 0 unspecified atom stereocenters. The van der Waals surface area contributed by atoms with E-state index < -0.39 is 0 Å². The number of carbonyl (C=O) groups excluding carboxylic acids is 1. The van der Waals surface area contributed by atoms with E-state index in [-0.39, 0.29) is 17.5 Å². The summed E-state index contributed by atoms with van der Waals surface area (Å²) in [6.45, 7) is 2.10. The number of rotatable bonds is 2. The van der Waals surface area contributed by atoms with Crippen LogP contribution in [0.25, 0.3) is 0 Å². The van der Waals surface area contributed by atoms with Crippen molar-refractivity contribution in [1.29, 1.82) is 0 Å². The van der Waals surface area contributed by atoms with Crippen molar-refractivity contribution in [2.45, 2.75) is 51.0 Å². The van der Waals surface area contributed by atoms with E-state index in [1.54, 1.807) is 0 Å². The first-order valence-corrected chi connectivity index (χ1v) is 6.57. The molecule has 0 spiro atoms. The summed E-state index contributed by atoms with van der Waals surface area (Å²) < 4.78 is 5.76. The molecule has 2 nitrogen and oxygen atoms in total. The van der Waals surface area contributed by atoms with Crippen molar-refractivity contribution in [3.8, 4) is 0 Å². The Hall–Kier alpha value is -0.790. The molecule has 88 valence electrons. The average molecular weight is 220 g/mol. The van der Waals surface area contributed by atoms with Gasteiger partial charge in [0, 0.05) is 0 Å². The minimum atomic E-state index is -0.150. The van der Waals surface area contributed by atoms with Crippen LogP contribution >= 0.6 is 0 Å². The molecule has 0 N–H and O–H groups in total. The molecule has 3 aliphatic carbocycles. The van der Waals surface area contributed by atoms with Gasteiger partial charge in [-0.2, -0.15) is 0 Å². The van der Waals surface area contributed by atoms with Crippen molar-refractivity contribution in [3.63, 3.8) is 0 Å². The summed E-state index contributed by atoms with van der Waals surface area (Å²) in [5, 5.41) is 0. The Labute approximate surface area is 97.1 Å². The van der Waals surface area contributed by atoms with E-state index in [0.29, 0.717) is 11.8 Å². The molecule has 0 aromatic heterocycles. The van der Waals surface area contributed by atoms with Crippen LogP contribution in [-0.2, 0) is 9.53 Å². The second-order valence-corrected chi connectivity index (χ2v) is 5.96. The smallest absolute Gasteiger partial charge is 0.310 e. The Kier molecular flexibility index (Phi) is 2.34. The molecule has 0 aromatic carbocycles. The summed E-state index contributed by atoms with van der Waals surface area (Å²) >= 11 is 0. The SMILES string of the molecule is CC1(OC(=O)[C@H]2C[C@@H]3C=C[C@H]2C3)CCCC1. The zero-order valence-electron chi connectivity index (χ0n) is 9.95. The Balaban J connectivity index is 1.63. The maximum atomic E-state index is 12.1. The maximum Gasteiger partial charge on any atom is 0.310 e. The summed E-state index contributed by atoms with van der Waals surface area (Å²) in [6, 6.07) is 0. The lowest BCUT2D eigenvalue weighted by molar-refractivity contribution is -0.163. The van der Waals surface area contributed by atoms with Gasteiger partial charge in [-0.25, -0.2) is 0 Å². The largest absolute Gasteiger partial charge is 0.459 e. The van der Waals surface area contributed by atoms with Crippen LogP contribution in [0.2, 0.25) is 0 Å². The van der Waals surface area contributed by atoms with Gasteiger partial charge in [-0.15, -0.1) is 0 Å². The highest BCUT2D eigenvalue weighted by Gasteiger charge is 2.43. The van der Waals surface area contributed by atoms with Crippen molar-refractivity contribution >= 4 is 5.97 Å². The van der Waals surface area contributed by atoms with Crippen molar-refractivity contribution in [2.24, 2.45) is 17.8 Å². The van der Waals surface area contributed by atoms with Crippen molar-refractivity contribution in [3.05, 3.63) is 12.2 Å². The molecule has 3 rings (SSSR count). The van der Waals surface area contributed by atoms with E-state index >= 15 is 0 Å². The van der Waals surface area contributed by atoms with Crippen LogP contribution in [-0.4, -0.2) is 11.6 Å². The number of allylic oxidation sites excluding steroid dienone is 2. The van der Waals surface area contributed by atoms with Gasteiger partial charge < -0.3 is 4.74 Å². The highest BCUT2D eigenvalue weighted by atomic mass is 16.6. The van der Waals surface area contributed by atoms with E-state index in [4.69, 9.17) is 4.74 Å². The fraction of sp³-hybridized carbons (Fsp3) is 0.786. The highest BCUT2D eigenvalue weighted by molar-refractivity contribution is 5.74. The number of fused-ring (bicyclic) bond motifs is 2. The summed E-state index contributed by atoms with van der Waals surface area (Å²) in [4.78, 5) is 12.1. The predicted octanol–water partition coefficient (Wildman–Crippen LogP) is 3.07. The third-order valence-corrected chi connectivity index (χ3v) is 4.59. The van der Waals surface area contributed by atoms with Crippen LogP contribution < -0.4 is 0 Å². The van der Waals surface area contributed by atoms with Crippen molar-refractivity contribution < 1.29 is 9.53 Å². The van der Waals surface area contributed by atoms with Gasteiger partial charge in [0.25, 0.3) is 0 Å². The Bertz CT molecular complexity index is 326. The van der Waals surface area contributed by atoms with Gasteiger partial charge >= 0.3 is 5.97 Å². The van der Waals surface area contributed by atoms with Gasteiger partial charge in [-0.1, -0.05) is 12.2 Å². The fourth-order valence-electron chi connectivity index (χ4n) is 3.60. The Morgan fingerprint density at radius 1 is 1.25 bits per heavy atom. The maximum absolute atomic E-state index is 12.1. The topological polar surface area (TPSA) is 26.3 Å². The second kappa shape index (κ2) is 3.61. The number of esters is 1. The number of carbonyl (C=O) groups is 1. The highest BCUT2D eigenvalue weighted by Crippen LogP contribution is 2.45. The fourth-order valence-corrected chi connectivity index (χ4v) is 3.60. The summed E-state index contributed by atoms with van der Waals surface area (Å²) in [5.41, 5.74) is -0.150. The monoisotopic (exact) mass is 220 g/mol. The Morgan fingerprint density at radius 2 is 2.00 bits per heavy atom. The number of ether oxygens (including phenoxy) is 1. The van der Waals surface area contributed by atoms with E-state index in [1.165, 1.54) is 19.3 Å². The molecule has 16 heavy (non-hydrogen) atoms. The van der Waals surface area contributed by atoms with Gasteiger partial charge in [0.15, 0.2) is 0 Å². The first kappa shape index (κ1) is 10.4. The Morgan fingerprint density at radius 3 is 2.56 bits per heavy atom. The zero-order chi connectivity index (χ0) is 11.2. The normalized spacial score (nSPS) is 39.2.